The van der Waals surface area contributed by atoms with Crippen LogP contribution in [0.3, 0.4) is 0 Å². The molecular formula is C18H29NO2. The summed E-state index contributed by atoms with van der Waals surface area (Å²) in [4.78, 5) is 0. The highest BCUT2D eigenvalue weighted by molar-refractivity contribution is 5.29. The first-order chi connectivity index (χ1) is 10.2. The summed E-state index contributed by atoms with van der Waals surface area (Å²) in [6.45, 7) is 3.19. The fraction of sp³-hybridized carbons (Fsp3) is 0.667. The number of nitrogens with two attached hydrogens (primary N) is 1. The first-order valence-electron chi connectivity index (χ1n) is 8.33. The molecule has 1 fully saturated rings. The largest absolute Gasteiger partial charge is 0.494 e. The van der Waals surface area contributed by atoms with Crippen LogP contribution in [0, 0.1) is 5.41 Å². The molecule has 0 amide bonds. The van der Waals surface area contributed by atoms with Crippen molar-refractivity contribution in [3.8, 4) is 5.75 Å². The van der Waals surface area contributed by atoms with Crippen molar-refractivity contribution in [1.82, 2.24) is 0 Å². The van der Waals surface area contributed by atoms with E-state index < -0.39 is 6.10 Å². The van der Waals surface area contributed by atoms with Gasteiger partial charge in [0.2, 0.25) is 0 Å². The van der Waals surface area contributed by atoms with Crippen molar-refractivity contribution < 1.29 is 9.84 Å². The molecule has 0 heterocycles. The van der Waals surface area contributed by atoms with E-state index in [0.717, 1.165) is 24.2 Å². The molecular weight excluding hydrogens is 262 g/mol. The third-order valence-electron chi connectivity index (χ3n) is 4.84. The second kappa shape index (κ2) is 7.81. The molecule has 1 atom stereocenters. The van der Waals surface area contributed by atoms with Crippen LogP contribution in [0.4, 0.5) is 0 Å². The van der Waals surface area contributed by atoms with Crippen molar-refractivity contribution in [3.05, 3.63) is 29.8 Å². The van der Waals surface area contributed by atoms with E-state index in [2.05, 4.69) is 0 Å². The maximum atomic E-state index is 10.9. The molecule has 118 valence electrons. The van der Waals surface area contributed by atoms with Crippen molar-refractivity contribution in [1.29, 1.82) is 0 Å². The van der Waals surface area contributed by atoms with Gasteiger partial charge in [0, 0.05) is 12.0 Å². The molecule has 1 aromatic rings. The van der Waals surface area contributed by atoms with Crippen molar-refractivity contribution in [2.75, 3.05) is 13.2 Å². The number of aliphatic hydroxyl groups excluding tert-OH is 1. The standard InChI is InChI=1S/C18H29NO2/c1-2-21-16-10-8-15(9-11-16)17(20)18(14-19)12-6-4-3-5-7-13-18/h8-11,17,20H,2-7,12-14,19H2,1H3. The Labute approximate surface area is 128 Å². The lowest BCUT2D eigenvalue weighted by atomic mass is 9.70. The minimum atomic E-state index is -0.476. The summed E-state index contributed by atoms with van der Waals surface area (Å²) in [5.41, 5.74) is 6.89. The third-order valence-corrected chi connectivity index (χ3v) is 4.84. The molecule has 1 aliphatic rings. The van der Waals surface area contributed by atoms with Gasteiger partial charge in [0.15, 0.2) is 0 Å². The maximum absolute atomic E-state index is 10.9. The molecule has 1 aromatic carbocycles. The van der Waals surface area contributed by atoms with Crippen molar-refractivity contribution >= 4 is 0 Å². The van der Waals surface area contributed by atoms with E-state index in [1.54, 1.807) is 0 Å². The molecule has 1 unspecified atom stereocenters. The molecule has 0 radical (unpaired) electrons. The van der Waals surface area contributed by atoms with Crippen molar-refractivity contribution in [2.45, 2.75) is 58.0 Å². The lowest BCUT2D eigenvalue weighted by molar-refractivity contribution is 0.00846. The normalized spacial score (nSPS) is 20.3. The molecule has 1 aliphatic carbocycles. The van der Waals surface area contributed by atoms with Crippen LogP contribution in [0.25, 0.3) is 0 Å². The number of hydrogen-bond donors (Lipinski definition) is 2. The van der Waals surface area contributed by atoms with Gasteiger partial charge in [-0.15, -0.1) is 0 Å². The Kier molecular flexibility index (Phi) is 6.07. The van der Waals surface area contributed by atoms with Crippen molar-refractivity contribution in [3.63, 3.8) is 0 Å². The summed E-state index contributed by atoms with van der Waals surface area (Å²) >= 11 is 0. The Morgan fingerprint density at radius 3 is 2.19 bits per heavy atom. The van der Waals surface area contributed by atoms with Gasteiger partial charge in [0.05, 0.1) is 12.7 Å². The van der Waals surface area contributed by atoms with Crippen LogP contribution in [0.15, 0.2) is 24.3 Å². The fourth-order valence-corrected chi connectivity index (χ4v) is 3.47. The van der Waals surface area contributed by atoms with Crippen LogP contribution < -0.4 is 10.5 Å². The second-order valence-electron chi connectivity index (χ2n) is 6.24. The minimum absolute atomic E-state index is 0.159. The monoisotopic (exact) mass is 291 g/mol. The predicted molar refractivity (Wildman–Crippen MR) is 86.4 cm³/mol. The smallest absolute Gasteiger partial charge is 0.119 e. The average molecular weight is 291 g/mol. The Morgan fingerprint density at radius 1 is 1.10 bits per heavy atom. The SMILES string of the molecule is CCOc1ccc(C(O)C2(CN)CCCCCCC2)cc1. The first kappa shape index (κ1) is 16.3. The molecule has 3 N–H and O–H groups in total. The number of rotatable bonds is 5. The molecule has 21 heavy (non-hydrogen) atoms. The summed E-state index contributed by atoms with van der Waals surface area (Å²) in [5, 5.41) is 10.9. The molecule has 0 spiro atoms. The van der Waals surface area contributed by atoms with Crippen LogP contribution >= 0.6 is 0 Å². The predicted octanol–water partition coefficient (Wildman–Crippen LogP) is 3.81. The lowest BCUT2D eigenvalue weighted by Gasteiger charge is -2.39. The quantitative estimate of drug-likeness (QED) is 0.867. The van der Waals surface area contributed by atoms with Gasteiger partial charge in [0.25, 0.3) is 0 Å². The molecule has 2 rings (SSSR count). The van der Waals surface area contributed by atoms with Crippen LogP contribution in [0.2, 0.25) is 0 Å². The van der Waals surface area contributed by atoms with Crippen LogP contribution in [0.1, 0.15) is 63.5 Å². The van der Waals surface area contributed by atoms with E-state index in [9.17, 15) is 5.11 Å². The zero-order valence-corrected chi connectivity index (χ0v) is 13.2. The van der Waals surface area contributed by atoms with Gasteiger partial charge in [-0.2, -0.15) is 0 Å². The van der Waals surface area contributed by atoms with Crippen LogP contribution in [0.5, 0.6) is 5.75 Å². The highest BCUT2D eigenvalue weighted by Crippen LogP contribution is 2.43. The van der Waals surface area contributed by atoms with E-state index in [4.69, 9.17) is 10.5 Å². The minimum Gasteiger partial charge on any atom is -0.494 e. The van der Waals surface area contributed by atoms with Gasteiger partial charge in [-0.25, -0.2) is 0 Å². The number of aliphatic hydroxyl groups is 1. The van der Waals surface area contributed by atoms with E-state index >= 15 is 0 Å². The summed E-state index contributed by atoms with van der Waals surface area (Å²) in [5.74, 6) is 0.855. The van der Waals surface area contributed by atoms with Gasteiger partial charge in [0.1, 0.15) is 5.75 Å². The highest BCUT2D eigenvalue weighted by atomic mass is 16.5. The summed E-state index contributed by atoms with van der Waals surface area (Å²) in [6.07, 6.45) is 7.76. The molecule has 0 aliphatic heterocycles. The number of hydrogen-bond acceptors (Lipinski definition) is 3. The van der Waals surface area contributed by atoms with Gasteiger partial charge in [-0.3, -0.25) is 0 Å². The Morgan fingerprint density at radius 2 is 1.67 bits per heavy atom. The van der Waals surface area contributed by atoms with Gasteiger partial charge >= 0.3 is 0 Å². The Balaban J connectivity index is 2.15. The zero-order chi connectivity index (χ0) is 15.1. The number of ether oxygens (including phenoxy) is 1. The van der Waals surface area contributed by atoms with Gasteiger partial charge in [-0.05, 0) is 37.5 Å². The van der Waals surface area contributed by atoms with Crippen LogP contribution in [-0.4, -0.2) is 18.3 Å². The molecule has 1 saturated carbocycles. The van der Waals surface area contributed by atoms with E-state index in [1.165, 1.54) is 32.1 Å². The average Bonchev–Trinajstić information content (AvgIpc) is 2.48. The highest BCUT2D eigenvalue weighted by Gasteiger charge is 2.37. The maximum Gasteiger partial charge on any atom is 0.119 e. The molecule has 0 saturated heterocycles. The molecule has 3 heteroatoms. The van der Waals surface area contributed by atoms with E-state index in [1.807, 2.05) is 31.2 Å². The van der Waals surface area contributed by atoms with E-state index in [0.29, 0.717) is 13.2 Å². The Bertz CT molecular complexity index is 408. The zero-order valence-electron chi connectivity index (χ0n) is 13.2. The van der Waals surface area contributed by atoms with Gasteiger partial charge in [-0.1, -0.05) is 44.2 Å². The summed E-state index contributed by atoms with van der Waals surface area (Å²) < 4.78 is 5.47. The fourth-order valence-electron chi connectivity index (χ4n) is 3.47. The Hall–Kier alpha value is -1.06. The second-order valence-corrected chi connectivity index (χ2v) is 6.24. The first-order valence-corrected chi connectivity index (χ1v) is 8.33. The molecule has 0 aromatic heterocycles. The van der Waals surface area contributed by atoms with Crippen molar-refractivity contribution in [2.24, 2.45) is 11.1 Å². The third kappa shape index (κ3) is 3.98. The lowest BCUT2D eigenvalue weighted by Crippen LogP contribution is -2.37. The summed E-state index contributed by atoms with van der Waals surface area (Å²) in [6, 6.07) is 7.84. The molecule has 3 nitrogen and oxygen atoms in total. The van der Waals surface area contributed by atoms with E-state index in [-0.39, 0.29) is 5.41 Å². The topological polar surface area (TPSA) is 55.5 Å². The summed E-state index contributed by atoms with van der Waals surface area (Å²) in [7, 11) is 0. The molecule has 0 bridgehead atoms. The van der Waals surface area contributed by atoms with Crippen LogP contribution in [-0.2, 0) is 0 Å². The number of benzene rings is 1. The van der Waals surface area contributed by atoms with Gasteiger partial charge < -0.3 is 15.6 Å².